The first kappa shape index (κ1) is 127. The van der Waals surface area contributed by atoms with Crippen molar-refractivity contribution in [3.05, 3.63) is 0 Å². The van der Waals surface area contributed by atoms with Crippen LogP contribution in [0.25, 0.3) is 0 Å². The van der Waals surface area contributed by atoms with Crippen LogP contribution in [0, 0.1) is 0 Å². The van der Waals surface area contributed by atoms with Gasteiger partial charge in [-0.05, 0) is 0 Å². The molecule has 0 fully saturated rings. The van der Waals surface area contributed by atoms with Crippen molar-refractivity contribution in [2.24, 2.45) is 0 Å². The summed E-state index contributed by atoms with van der Waals surface area (Å²) < 4.78 is 0. The molecule has 0 N–H and O–H groups in total. The molecule has 0 heterocycles. The summed E-state index contributed by atoms with van der Waals surface area (Å²) in [4.78, 5) is 0. The summed E-state index contributed by atoms with van der Waals surface area (Å²) in [6.45, 7) is 0. The Labute approximate surface area is 465 Å². The first-order valence-corrected chi connectivity index (χ1v) is 0. The van der Waals surface area contributed by atoms with E-state index in [0.29, 0.717) is 0 Å². The van der Waals surface area contributed by atoms with E-state index in [-0.39, 0.29) is 480 Å². The van der Waals surface area contributed by atoms with Gasteiger partial charge >= 0.3 is 377 Å². The summed E-state index contributed by atoms with van der Waals surface area (Å²) in [5, 5.41) is 0. The normalized spacial score (nSPS) is 0. The molecule has 0 spiro atoms. The van der Waals surface area contributed by atoms with Crippen LogP contribution in [0.1, 0.15) is 28.5 Å². The van der Waals surface area contributed by atoms with Crippen LogP contribution in [0.3, 0.4) is 0 Å². The quantitative estimate of drug-likeness (QED) is 0.347. The number of hydrogen-bond donors (Lipinski definition) is 0. The van der Waals surface area contributed by atoms with Crippen molar-refractivity contribution in [2.45, 2.75) is 0 Å². The smallest absolute Gasteiger partial charge is 1.00 e. The molecule has 0 atom stereocenters. The van der Waals surface area contributed by atoms with Crippen molar-refractivity contribution in [1.82, 2.24) is 0 Å². The average Bonchev–Trinajstić information content (AvgIpc) is 0. The van der Waals surface area contributed by atoms with Crippen molar-refractivity contribution in [3.8, 4) is 0 Å². The van der Waals surface area contributed by atoms with Crippen LogP contribution < -0.4 is 0 Å². The van der Waals surface area contributed by atoms with Gasteiger partial charge in [0.15, 0.2) is 0 Å². The Bertz CT molecular complexity index is 50.9. The standard InChI is InChI=1S/10Ca.6ClH.20H/h;;;;;;;;;;6*1H;;;;;;;;;;;;;;;;;;;;/q10*+2;;;;;;;20*-1. The van der Waals surface area contributed by atoms with E-state index in [4.69, 9.17) is 0 Å². The Morgan fingerprint density at radius 1 is 0.188 bits per heavy atom. The van der Waals surface area contributed by atoms with E-state index >= 15 is 0 Å². The minimum Gasteiger partial charge on any atom is -1.00 e. The Hall–Kier alpha value is 14.3. The number of halogens is 6. The minimum atomic E-state index is 0. The van der Waals surface area contributed by atoms with E-state index in [1.807, 2.05) is 0 Å². The van der Waals surface area contributed by atoms with Crippen LogP contribution in [0.2, 0.25) is 0 Å². The summed E-state index contributed by atoms with van der Waals surface area (Å²) >= 11 is 0. The van der Waals surface area contributed by atoms with Crippen LogP contribution in [-0.2, 0) is 0 Å². The fraction of sp³-hybridized carbons (Fsp3) is 0. The van der Waals surface area contributed by atoms with Gasteiger partial charge in [-0.2, -0.15) is 0 Å². The second-order valence-corrected chi connectivity index (χ2v) is 0. The molecule has 0 unspecified atom stereocenters. The molecule has 0 saturated carbocycles. The third kappa shape index (κ3) is 103. The molecular formula is H26Ca10Cl6. The Kier molecular flexibility index (Phi) is 910. The monoisotopic (exact) mass is 636 g/mol. The van der Waals surface area contributed by atoms with Gasteiger partial charge in [0.2, 0.25) is 0 Å². The SMILES string of the molecule is Cl.Cl.Cl.Cl.Cl.Cl.[Ca+2].[Ca+2].[Ca+2].[Ca+2].[Ca+2].[Ca+2].[Ca+2].[Ca+2].[Ca+2].[Ca+2].[H-].[H-].[H-].[H-].[H-].[H-].[H-].[H-].[H-].[H-].[H-].[H-].[H-].[H-].[H-].[H-].[H-].[H-].[H-].[H-]. The van der Waals surface area contributed by atoms with Gasteiger partial charge in [-0.15, -0.1) is 74.4 Å². The average molecular weight is 640 g/mol. The van der Waals surface area contributed by atoms with Crippen molar-refractivity contribution < 1.29 is 28.5 Å². The second-order valence-electron chi connectivity index (χ2n) is 0. The maximum absolute atomic E-state index is 0. The van der Waals surface area contributed by atoms with Crippen LogP contribution in [0.15, 0.2) is 0 Å². The largest absolute Gasteiger partial charge is 2.00 e. The van der Waals surface area contributed by atoms with Gasteiger partial charge in [0.25, 0.3) is 0 Å². The van der Waals surface area contributed by atoms with E-state index in [1.54, 1.807) is 0 Å². The zero-order valence-electron chi connectivity index (χ0n) is 29.5. The van der Waals surface area contributed by atoms with Gasteiger partial charge in [0.1, 0.15) is 0 Å². The predicted octanol–water partition coefficient (Wildman–Crippen LogP) is 0.973. The molecule has 0 nitrogen and oxygen atoms in total. The molecule has 0 rings (SSSR count). The minimum absolute atomic E-state index is 0. The molecule has 0 aromatic heterocycles. The van der Waals surface area contributed by atoms with Gasteiger partial charge in [0, 0.05) is 0 Å². The molecule has 0 aliphatic rings. The van der Waals surface area contributed by atoms with E-state index in [0.717, 1.165) is 0 Å². The summed E-state index contributed by atoms with van der Waals surface area (Å²) in [6.07, 6.45) is 0. The maximum Gasteiger partial charge on any atom is 2.00 e. The van der Waals surface area contributed by atoms with E-state index in [2.05, 4.69) is 0 Å². The van der Waals surface area contributed by atoms with Crippen molar-refractivity contribution in [2.75, 3.05) is 0 Å². The van der Waals surface area contributed by atoms with Crippen LogP contribution in [0.5, 0.6) is 0 Å². The Morgan fingerprint density at radius 3 is 0.188 bits per heavy atom. The van der Waals surface area contributed by atoms with Crippen molar-refractivity contribution >= 4 is 452 Å². The molecule has 0 bridgehead atoms. The molecule has 0 radical (unpaired) electrons. The van der Waals surface area contributed by atoms with Crippen molar-refractivity contribution in [3.63, 3.8) is 0 Å². The molecule has 0 aliphatic carbocycles. The molecule has 88 valence electrons. The van der Waals surface area contributed by atoms with Crippen LogP contribution in [-0.4, -0.2) is 377 Å². The molecular weight excluding hydrogens is 613 g/mol. The maximum atomic E-state index is 0. The van der Waals surface area contributed by atoms with E-state index < -0.39 is 0 Å². The third-order valence-corrected chi connectivity index (χ3v) is 0. The molecule has 0 aromatic carbocycles. The van der Waals surface area contributed by atoms with Gasteiger partial charge < -0.3 is 28.5 Å². The first-order valence-electron chi connectivity index (χ1n) is 0. The third-order valence-electron chi connectivity index (χ3n) is 0. The zero-order chi connectivity index (χ0) is 0. The summed E-state index contributed by atoms with van der Waals surface area (Å²) in [6, 6.07) is 0. The van der Waals surface area contributed by atoms with E-state index in [1.165, 1.54) is 0 Å². The van der Waals surface area contributed by atoms with E-state index in [9.17, 15) is 0 Å². The Balaban J connectivity index is 0. The molecule has 0 aromatic rings. The van der Waals surface area contributed by atoms with Crippen LogP contribution >= 0.6 is 74.4 Å². The van der Waals surface area contributed by atoms with Crippen LogP contribution in [0.4, 0.5) is 0 Å². The molecule has 16 heavy (non-hydrogen) atoms. The number of hydrogen-bond acceptors (Lipinski definition) is 0. The van der Waals surface area contributed by atoms with Gasteiger partial charge in [0.05, 0.1) is 0 Å². The van der Waals surface area contributed by atoms with Gasteiger partial charge in [-0.3, -0.25) is 0 Å². The fourth-order valence-electron chi connectivity index (χ4n) is 0. The topological polar surface area (TPSA) is 0 Å². The second kappa shape index (κ2) is 115. The zero-order valence-corrected chi connectivity index (χ0v) is 36.5. The summed E-state index contributed by atoms with van der Waals surface area (Å²) in [5.41, 5.74) is 0. The number of rotatable bonds is 0. The molecule has 0 amide bonds. The summed E-state index contributed by atoms with van der Waals surface area (Å²) in [5.74, 6) is 0. The van der Waals surface area contributed by atoms with Gasteiger partial charge in [-0.25, -0.2) is 0 Å². The molecule has 16 heteroatoms. The Morgan fingerprint density at radius 2 is 0.188 bits per heavy atom. The molecule has 0 aliphatic heterocycles. The van der Waals surface area contributed by atoms with Gasteiger partial charge in [-0.1, -0.05) is 0 Å². The van der Waals surface area contributed by atoms with Crippen molar-refractivity contribution in [1.29, 1.82) is 0 Å². The first-order chi connectivity index (χ1) is 0. The fourth-order valence-corrected chi connectivity index (χ4v) is 0. The summed E-state index contributed by atoms with van der Waals surface area (Å²) in [7, 11) is 0. The molecule has 0 saturated heterocycles. The predicted molar refractivity (Wildman–Crippen MR) is 123 cm³/mol.